The molecule has 0 N–H and O–H groups in total. The van der Waals surface area contributed by atoms with Crippen LogP contribution in [-0.2, 0) is 6.61 Å². The molecule has 0 spiro atoms. The molecule has 104 valence electrons. The van der Waals surface area contributed by atoms with E-state index < -0.39 is 5.82 Å². The largest absolute Gasteiger partial charge is 0.495 e. The number of methoxy groups -OCH3 is 1. The van der Waals surface area contributed by atoms with Crippen LogP contribution < -0.4 is 9.47 Å². The van der Waals surface area contributed by atoms with Gasteiger partial charge in [-0.2, -0.15) is 10.5 Å². The summed E-state index contributed by atoms with van der Waals surface area (Å²) >= 11 is 0. The number of benzene rings is 2. The highest BCUT2D eigenvalue weighted by molar-refractivity contribution is 5.45. The topological polar surface area (TPSA) is 66.0 Å². The van der Waals surface area contributed by atoms with Crippen molar-refractivity contribution in [3.8, 4) is 23.6 Å². The Balaban J connectivity index is 2.12. The molecule has 0 fully saturated rings. The van der Waals surface area contributed by atoms with Crippen molar-refractivity contribution in [1.29, 1.82) is 10.5 Å². The van der Waals surface area contributed by atoms with Gasteiger partial charge in [-0.1, -0.05) is 6.07 Å². The number of hydrogen-bond acceptors (Lipinski definition) is 4. The number of hydrogen-bond donors (Lipinski definition) is 0. The Morgan fingerprint density at radius 3 is 2.43 bits per heavy atom. The van der Waals surface area contributed by atoms with Crippen molar-refractivity contribution in [1.82, 2.24) is 0 Å². The standard InChI is InChI=1S/C16H11FN2O2/c1-20-16-5-2-11(6-13(16)9-19)10-21-14-4-3-12(8-18)15(17)7-14/h2-7H,10H2,1H3. The summed E-state index contributed by atoms with van der Waals surface area (Å²) in [4.78, 5) is 0. The van der Waals surface area contributed by atoms with E-state index in [1.807, 2.05) is 6.07 Å². The summed E-state index contributed by atoms with van der Waals surface area (Å²) in [6.45, 7) is 0.185. The molecular weight excluding hydrogens is 271 g/mol. The molecule has 2 aromatic carbocycles. The summed E-state index contributed by atoms with van der Waals surface area (Å²) in [7, 11) is 1.49. The molecule has 2 aromatic rings. The van der Waals surface area contributed by atoms with Crippen LogP contribution in [0.2, 0.25) is 0 Å². The predicted octanol–water partition coefficient (Wildman–Crippen LogP) is 3.16. The van der Waals surface area contributed by atoms with E-state index in [4.69, 9.17) is 20.0 Å². The molecule has 0 saturated carbocycles. The fraction of sp³-hybridized carbons (Fsp3) is 0.125. The molecule has 0 aliphatic carbocycles. The normalized spacial score (nSPS) is 9.52. The molecule has 0 aromatic heterocycles. The predicted molar refractivity (Wildman–Crippen MR) is 73.2 cm³/mol. The second kappa shape index (κ2) is 6.40. The summed E-state index contributed by atoms with van der Waals surface area (Å²) in [5, 5.41) is 17.7. The first-order valence-electron chi connectivity index (χ1n) is 6.07. The van der Waals surface area contributed by atoms with Gasteiger partial charge < -0.3 is 9.47 Å². The maximum absolute atomic E-state index is 13.4. The van der Waals surface area contributed by atoms with Crippen molar-refractivity contribution < 1.29 is 13.9 Å². The minimum absolute atomic E-state index is 0.0291. The summed E-state index contributed by atoms with van der Waals surface area (Å²) in [6.07, 6.45) is 0. The van der Waals surface area contributed by atoms with Gasteiger partial charge in [0.1, 0.15) is 36.1 Å². The number of rotatable bonds is 4. The Hall–Kier alpha value is -3.05. The number of nitrogens with zero attached hydrogens (tertiary/aromatic N) is 2. The third kappa shape index (κ3) is 3.29. The fourth-order valence-corrected chi connectivity index (χ4v) is 1.78. The van der Waals surface area contributed by atoms with Crippen molar-refractivity contribution in [2.24, 2.45) is 0 Å². The third-order valence-corrected chi connectivity index (χ3v) is 2.85. The second-order valence-corrected chi connectivity index (χ2v) is 4.19. The van der Waals surface area contributed by atoms with Crippen LogP contribution in [0.1, 0.15) is 16.7 Å². The summed E-state index contributed by atoms with van der Waals surface area (Å²) in [6, 6.07) is 12.9. The van der Waals surface area contributed by atoms with Gasteiger partial charge in [0.05, 0.1) is 18.2 Å². The Bertz CT molecular complexity index is 745. The first-order valence-corrected chi connectivity index (χ1v) is 6.07. The van der Waals surface area contributed by atoms with Crippen molar-refractivity contribution in [2.75, 3.05) is 7.11 Å². The van der Waals surface area contributed by atoms with Crippen molar-refractivity contribution in [2.45, 2.75) is 6.61 Å². The highest BCUT2D eigenvalue weighted by Gasteiger charge is 2.06. The number of ether oxygens (including phenoxy) is 2. The first-order chi connectivity index (χ1) is 10.2. The van der Waals surface area contributed by atoms with Crippen molar-refractivity contribution in [3.05, 3.63) is 58.9 Å². The van der Waals surface area contributed by atoms with Crippen LogP contribution in [0.5, 0.6) is 11.5 Å². The average molecular weight is 282 g/mol. The lowest BCUT2D eigenvalue weighted by Crippen LogP contribution is -1.98. The summed E-state index contributed by atoms with van der Waals surface area (Å²) in [5.74, 6) is 0.189. The van der Waals surface area contributed by atoms with E-state index in [1.54, 1.807) is 24.3 Å². The molecule has 0 unspecified atom stereocenters. The monoisotopic (exact) mass is 282 g/mol. The molecular formula is C16H11FN2O2. The maximum Gasteiger partial charge on any atom is 0.144 e. The van der Waals surface area contributed by atoms with Crippen LogP contribution in [-0.4, -0.2) is 7.11 Å². The van der Waals surface area contributed by atoms with Gasteiger partial charge in [-0.05, 0) is 29.8 Å². The van der Waals surface area contributed by atoms with E-state index in [9.17, 15) is 4.39 Å². The van der Waals surface area contributed by atoms with Gasteiger partial charge in [-0.25, -0.2) is 4.39 Å². The molecule has 0 aliphatic rings. The smallest absolute Gasteiger partial charge is 0.144 e. The lowest BCUT2D eigenvalue weighted by molar-refractivity contribution is 0.304. The average Bonchev–Trinajstić information content (AvgIpc) is 2.52. The lowest BCUT2D eigenvalue weighted by atomic mass is 10.1. The molecule has 0 saturated heterocycles. The van der Waals surface area contributed by atoms with Crippen LogP contribution in [0.15, 0.2) is 36.4 Å². The van der Waals surface area contributed by atoms with Crippen molar-refractivity contribution in [3.63, 3.8) is 0 Å². The van der Waals surface area contributed by atoms with Gasteiger partial charge in [-0.15, -0.1) is 0 Å². The zero-order valence-corrected chi connectivity index (χ0v) is 11.3. The lowest BCUT2D eigenvalue weighted by Gasteiger charge is -2.08. The quantitative estimate of drug-likeness (QED) is 0.864. The third-order valence-electron chi connectivity index (χ3n) is 2.85. The van der Waals surface area contributed by atoms with E-state index in [0.717, 1.165) is 11.6 Å². The van der Waals surface area contributed by atoms with Gasteiger partial charge in [0.25, 0.3) is 0 Å². The van der Waals surface area contributed by atoms with Crippen LogP contribution >= 0.6 is 0 Å². The van der Waals surface area contributed by atoms with E-state index in [0.29, 0.717) is 17.1 Å². The van der Waals surface area contributed by atoms with Gasteiger partial charge in [0, 0.05) is 6.07 Å². The molecule has 0 heterocycles. The highest BCUT2D eigenvalue weighted by Crippen LogP contribution is 2.21. The molecule has 0 bridgehead atoms. The summed E-state index contributed by atoms with van der Waals surface area (Å²) < 4.78 is 23.9. The van der Waals surface area contributed by atoms with E-state index in [-0.39, 0.29) is 12.2 Å². The number of halogens is 1. The van der Waals surface area contributed by atoms with E-state index >= 15 is 0 Å². The van der Waals surface area contributed by atoms with Gasteiger partial charge in [-0.3, -0.25) is 0 Å². The van der Waals surface area contributed by atoms with Gasteiger partial charge >= 0.3 is 0 Å². The van der Waals surface area contributed by atoms with Crippen LogP contribution in [0.4, 0.5) is 4.39 Å². The van der Waals surface area contributed by atoms with E-state index in [2.05, 4.69) is 0 Å². The molecule has 4 nitrogen and oxygen atoms in total. The van der Waals surface area contributed by atoms with Crippen molar-refractivity contribution >= 4 is 0 Å². The molecule has 0 radical (unpaired) electrons. The minimum atomic E-state index is -0.623. The molecule has 0 atom stereocenters. The van der Waals surface area contributed by atoms with Gasteiger partial charge in [0.2, 0.25) is 0 Å². The Kier molecular flexibility index (Phi) is 4.38. The SMILES string of the molecule is COc1ccc(COc2ccc(C#N)c(F)c2)cc1C#N. The Morgan fingerprint density at radius 1 is 1.05 bits per heavy atom. The Morgan fingerprint density at radius 2 is 1.81 bits per heavy atom. The highest BCUT2D eigenvalue weighted by atomic mass is 19.1. The van der Waals surface area contributed by atoms with Gasteiger partial charge in [0.15, 0.2) is 0 Å². The second-order valence-electron chi connectivity index (χ2n) is 4.19. The maximum atomic E-state index is 13.4. The minimum Gasteiger partial charge on any atom is -0.495 e. The fourth-order valence-electron chi connectivity index (χ4n) is 1.78. The van der Waals surface area contributed by atoms with Crippen LogP contribution in [0.25, 0.3) is 0 Å². The van der Waals surface area contributed by atoms with E-state index in [1.165, 1.54) is 19.2 Å². The zero-order valence-electron chi connectivity index (χ0n) is 11.3. The molecule has 21 heavy (non-hydrogen) atoms. The molecule has 0 amide bonds. The van der Waals surface area contributed by atoms with Crippen LogP contribution in [0, 0.1) is 28.5 Å². The summed E-state index contributed by atoms with van der Waals surface area (Å²) in [5.41, 5.74) is 1.14. The molecule has 5 heteroatoms. The Labute approximate surface area is 121 Å². The van der Waals surface area contributed by atoms with Crippen LogP contribution in [0.3, 0.4) is 0 Å². The zero-order chi connectivity index (χ0) is 15.2. The number of nitriles is 2. The molecule has 0 aliphatic heterocycles. The first kappa shape index (κ1) is 14.4. The molecule has 2 rings (SSSR count).